The first kappa shape index (κ1) is 16.8. The van der Waals surface area contributed by atoms with Crippen molar-refractivity contribution in [3.05, 3.63) is 30.3 Å². The van der Waals surface area contributed by atoms with Crippen molar-refractivity contribution >= 4 is 20.0 Å². The van der Waals surface area contributed by atoms with Crippen LogP contribution in [0.5, 0.6) is 0 Å². The number of esters is 1. The molecule has 0 amide bonds. The van der Waals surface area contributed by atoms with Crippen LogP contribution in [0.25, 0.3) is 0 Å². The van der Waals surface area contributed by atoms with E-state index in [0.29, 0.717) is 13.2 Å². The Kier molecular flexibility index (Phi) is 7.46. The van der Waals surface area contributed by atoms with Crippen LogP contribution in [0.15, 0.2) is 30.3 Å². The van der Waals surface area contributed by atoms with Gasteiger partial charge in [-0.2, -0.15) is 0 Å². The molecule has 112 valence electrons. The predicted octanol–water partition coefficient (Wildman–Crippen LogP) is 1.49. The molecule has 0 unspecified atom stereocenters. The van der Waals surface area contributed by atoms with Gasteiger partial charge >= 0.3 is 14.8 Å². The number of hydrogen-bond acceptors (Lipinski definition) is 5. The summed E-state index contributed by atoms with van der Waals surface area (Å²) in [6.45, 7) is 6.60. The third kappa shape index (κ3) is 5.05. The molecule has 0 N–H and O–H groups in total. The van der Waals surface area contributed by atoms with Gasteiger partial charge in [0.05, 0.1) is 6.61 Å². The van der Waals surface area contributed by atoms with Gasteiger partial charge in [0.25, 0.3) is 0 Å². The first-order valence-corrected chi connectivity index (χ1v) is 8.47. The first-order valence-electron chi connectivity index (χ1n) is 6.75. The Morgan fingerprint density at radius 3 is 2.10 bits per heavy atom. The number of carbonyl (C=O) groups excluding carboxylic acids is 1. The Morgan fingerprint density at radius 1 is 1.00 bits per heavy atom. The van der Waals surface area contributed by atoms with Gasteiger partial charge in [0.2, 0.25) is 0 Å². The lowest BCUT2D eigenvalue weighted by atomic mass is 10.4. The lowest BCUT2D eigenvalue weighted by molar-refractivity contribution is -0.142. The van der Waals surface area contributed by atoms with Crippen LogP contribution in [-0.2, 0) is 22.8 Å². The summed E-state index contributed by atoms with van der Waals surface area (Å²) < 4.78 is 22.4. The number of benzene rings is 1. The Balaban J connectivity index is 2.79. The van der Waals surface area contributed by atoms with Crippen molar-refractivity contribution in [2.45, 2.75) is 20.8 Å². The molecule has 0 saturated carbocycles. The average Bonchev–Trinajstić information content (AvgIpc) is 2.44. The summed E-state index contributed by atoms with van der Waals surface area (Å²) in [5, 5.41) is 0.909. The number of rotatable bonds is 9. The van der Waals surface area contributed by atoms with Gasteiger partial charge in [-0.25, -0.2) is 0 Å². The van der Waals surface area contributed by atoms with E-state index in [1.807, 2.05) is 44.2 Å². The zero-order valence-electron chi connectivity index (χ0n) is 12.3. The Bertz CT molecular complexity index is 390. The third-order valence-corrected chi connectivity index (χ3v) is 5.44. The summed E-state index contributed by atoms with van der Waals surface area (Å²) >= 11 is 0. The topological polar surface area (TPSA) is 54.0 Å². The smallest absolute Gasteiger partial charge is 0.463 e. The van der Waals surface area contributed by atoms with E-state index in [2.05, 4.69) is 0 Å². The number of ether oxygens (including phenoxy) is 1. The van der Waals surface area contributed by atoms with Crippen LogP contribution in [0.1, 0.15) is 20.8 Å². The quantitative estimate of drug-likeness (QED) is 0.393. The van der Waals surface area contributed by atoms with Crippen LogP contribution >= 0.6 is 0 Å². The van der Waals surface area contributed by atoms with Crippen molar-refractivity contribution < 1.29 is 22.8 Å². The molecule has 0 atom stereocenters. The summed E-state index contributed by atoms with van der Waals surface area (Å²) in [4.78, 5) is 10.8. The van der Waals surface area contributed by atoms with Gasteiger partial charge in [-0.05, 0) is 13.8 Å². The SMILES string of the molecule is CCO[Si](OCC)(OCCOC(C)=O)c1ccccc1. The molecule has 0 bridgehead atoms. The molecule has 0 radical (unpaired) electrons. The fourth-order valence-electron chi connectivity index (χ4n) is 1.76. The standard InChI is InChI=1S/C14H22O5Si/c1-4-17-20(18-5-2,14-9-7-6-8-10-14)19-12-11-16-13(3)15/h6-10H,4-5,11-12H2,1-3H3. The minimum absolute atomic E-state index is 0.192. The van der Waals surface area contributed by atoms with Gasteiger partial charge in [0.1, 0.15) is 6.61 Å². The fourth-order valence-corrected chi connectivity index (χ4v) is 4.22. The molecule has 0 aliphatic rings. The highest BCUT2D eigenvalue weighted by molar-refractivity contribution is 6.75. The molecule has 20 heavy (non-hydrogen) atoms. The molecule has 0 aliphatic heterocycles. The van der Waals surface area contributed by atoms with Crippen LogP contribution < -0.4 is 5.19 Å². The summed E-state index contributed by atoms with van der Waals surface area (Å²) in [7, 11) is -2.93. The molecule has 0 heterocycles. The van der Waals surface area contributed by atoms with Gasteiger partial charge < -0.3 is 18.0 Å². The van der Waals surface area contributed by atoms with Crippen LogP contribution in [0.4, 0.5) is 0 Å². The maximum Gasteiger partial charge on any atom is 0.537 e. The molecule has 6 heteroatoms. The van der Waals surface area contributed by atoms with E-state index in [1.54, 1.807) is 0 Å². The monoisotopic (exact) mass is 298 g/mol. The van der Waals surface area contributed by atoms with Gasteiger partial charge in [0.15, 0.2) is 0 Å². The lowest BCUT2D eigenvalue weighted by Gasteiger charge is -2.28. The summed E-state index contributed by atoms with van der Waals surface area (Å²) in [5.41, 5.74) is 0. The molecule has 0 fully saturated rings. The third-order valence-electron chi connectivity index (χ3n) is 2.48. The van der Waals surface area contributed by atoms with Crippen LogP contribution in [0.2, 0.25) is 0 Å². The molecule has 5 nitrogen and oxygen atoms in total. The van der Waals surface area contributed by atoms with Crippen LogP contribution in [-0.4, -0.2) is 41.2 Å². The van der Waals surface area contributed by atoms with E-state index in [-0.39, 0.29) is 19.2 Å². The Morgan fingerprint density at radius 2 is 1.60 bits per heavy atom. The fraction of sp³-hybridized carbons (Fsp3) is 0.500. The van der Waals surface area contributed by atoms with Gasteiger partial charge in [-0.3, -0.25) is 4.79 Å². The largest absolute Gasteiger partial charge is 0.537 e. The molecule has 1 aromatic rings. The minimum atomic E-state index is -2.93. The predicted molar refractivity (Wildman–Crippen MR) is 77.7 cm³/mol. The van der Waals surface area contributed by atoms with E-state index in [0.717, 1.165) is 5.19 Å². The highest BCUT2D eigenvalue weighted by Crippen LogP contribution is 2.10. The van der Waals surface area contributed by atoms with E-state index < -0.39 is 8.80 Å². The van der Waals surface area contributed by atoms with Crippen LogP contribution in [0, 0.1) is 0 Å². The second kappa shape index (κ2) is 8.86. The van der Waals surface area contributed by atoms with Crippen molar-refractivity contribution in [2.75, 3.05) is 26.4 Å². The second-order valence-electron chi connectivity index (χ2n) is 3.98. The molecule has 0 aliphatic carbocycles. The van der Waals surface area contributed by atoms with Crippen LogP contribution in [0.3, 0.4) is 0 Å². The molecule has 0 saturated heterocycles. The normalized spacial score (nSPS) is 11.3. The molecular weight excluding hydrogens is 276 g/mol. The molecular formula is C14H22O5Si. The van der Waals surface area contributed by atoms with E-state index >= 15 is 0 Å². The lowest BCUT2D eigenvalue weighted by Crippen LogP contribution is -2.57. The second-order valence-corrected chi connectivity index (χ2v) is 6.53. The van der Waals surface area contributed by atoms with Gasteiger partial charge in [0, 0.05) is 25.3 Å². The van der Waals surface area contributed by atoms with E-state index in [9.17, 15) is 4.79 Å². The van der Waals surface area contributed by atoms with E-state index in [4.69, 9.17) is 18.0 Å². The summed E-state index contributed by atoms with van der Waals surface area (Å²) in [5.74, 6) is -0.326. The van der Waals surface area contributed by atoms with Crippen molar-refractivity contribution in [3.8, 4) is 0 Å². The Hall–Kier alpha value is -1.21. The highest BCUT2D eigenvalue weighted by atomic mass is 28.4. The van der Waals surface area contributed by atoms with Gasteiger partial charge in [-0.1, -0.05) is 30.3 Å². The van der Waals surface area contributed by atoms with Crippen molar-refractivity contribution in [3.63, 3.8) is 0 Å². The summed E-state index contributed by atoms with van der Waals surface area (Å²) in [6, 6.07) is 9.64. The maximum absolute atomic E-state index is 10.8. The number of hydrogen-bond donors (Lipinski definition) is 0. The summed E-state index contributed by atoms with van der Waals surface area (Å²) in [6.07, 6.45) is 0. The molecule has 1 rings (SSSR count). The van der Waals surface area contributed by atoms with E-state index in [1.165, 1.54) is 6.92 Å². The minimum Gasteiger partial charge on any atom is -0.463 e. The Labute approximate surface area is 121 Å². The van der Waals surface area contributed by atoms with Crippen molar-refractivity contribution in [1.82, 2.24) is 0 Å². The first-order chi connectivity index (χ1) is 9.64. The van der Waals surface area contributed by atoms with Gasteiger partial charge in [-0.15, -0.1) is 0 Å². The van der Waals surface area contributed by atoms with Crippen molar-refractivity contribution in [2.24, 2.45) is 0 Å². The molecule has 0 spiro atoms. The molecule has 0 aromatic heterocycles. The zero-order valence-corrected chi connectivity index (χ0v) is 13.3. The average molecular weight is 298 g/mol. The zero-order chi connectivity index (χ0) is 14.8. The molecule has 1 aromatic carbocycles. The van der Waals surface area contributed by atoms with Crippen molar-refractivity contribution in [1.29, 1.82) is 0 Å². The highest BCUT2D eigenvalue weighted by Gasteiger charge is 2.43. The number of carbonyl (C=O) groups is 1. The maximum atomic E-state index is 10.8.